The summed E-state index contributed by atoms with van der Waals surface area (Å²) in [6.45, 7) is 1.87. The molecule has 1 saturated heterocycles. The predicted molar refractivity (Wildman–Crippen MR) is 95.1 cm³/mol. The summed E-state index contributed by atoms with van der Waals surface area (Å²) in [5.74, 6) is 1.09. The molecule has 1 fully saturated rings. The number of nitrogens with one attached hydrogen (secondary N) is 1. The Morgan fingerprint density at radius 3 is 3.08 bits per heavy atom. The van der Waals surface area contributed by atoms with Crippen molar-refractivity contribution in [1.29, 1.82) is 0 Å². The van der Waals surface area contributed by atoms with Crippen LogP contribution < -0.4 is 10.1 Å². The summed E-state index contributed by atoms with van der Waals surface area (Å²) >= 11 is 0. The number of carbonyl (C=O) groups excluding carboxylic acids is 1. The van der Waals surface area contributed by atoms with Gasteiger partial charge in [0.2, 0.25) is 5.96 Å². The van der Waals surface area contributed by atoms with Crippen LogP contribution in [-0.4, -0.2) is 50.7 Å². The molecule has 8 heteroatoms. The number of aryl methyl sites for hydroxylation is 1. The van der Waals surface area contributed by atoms with Gasteiger partial charge < -0.3 is 19.3 Å². The van der Waals surface area contributed by atoms with Crippen molar-refractivity contribution >= 4 is 17.6 Å². The molecule has 26 heavy (non-hydrogen) atoms. The fraction of sp³-hybridized carbons (Fsp3) is 0.389. The van der Waals surface area contributed by atoms with Gasteiger partial charge in [0, 0.05) is 31.0 Å². The molecule has 0 saturated carbocycles. The number of unbranched alkanes of at least 4 members (excludes halogenated alkanes) is 1. The van der Waals surface area contributed by atoms with Crippen LogP contribution in [0.3, 0.4) is 0 Å². The highest BCUT2D eigenvalue weighted by Gasteiger charge is 2.38. The number of amides is 1. The van der Waals surface area contributed by atoms with Crippen LogP contribution in [-0.2, 0) is 17.9 Å². The van der Waals surface area contributed by atoms with Gasteiger partial charge in [-0.2, -0.15) is 0 Å². The molecule has 2 N–H and O–H groups in total. The molecule has 1 amide bonds. The van der Waals surface area contributed by atoms with Gasteiger partial charge in [-0.1, -0.05) is 0 Å². The second-order valence-electron chi connectivity index (χ2n) is 6.40. The van der Waals surface area contributed by atoms with Gasteiger partial charge in [-0.25, -0.2) is 9.98 Å². The molecule has 4 rings (SSSR count). The van der Waals surface area contributed by atoms with E-state index in [9.17, 15) is 9.90 Å². The van der Waals surface area contributed by atoms with E-state index in [1.54, 1.807) is 11.1 Å². The van der Waals surface area contributed by atoms with Crippen LogP contribution >= 0.6 is 0 Å². The van der Waals surface area contributed by atoms with Crippen molar-refractivity contribution in [3.05, 3.63) is 42.5 Å². The minimum Gasteiger partial charge on any atom is -0.494 e. The Morgan fingerprint density at radius 2 is 2.27 bits per heavy atom. The Hall–Kier alpha value is -2.87. The van der Waals surface area contributed by atoms with Crippen molar-refractivity contribution in [2.45, 2.75) is 32.0 Å². The fourth-order valence-electron chi connectivity index (χ4n) is 3.20. The van der Waals surface area contributed by atoms with E-state index in [2.05, 4.69) is 19.9 Å². The lowest BCUT2D eigenvalue weighted by Gasteiger charge is -2.27. The molecule has 0 bridgehead atoms. The highest BCUT2D eigenvalue weighted by molar-refractivity contribution is 6.07. The smallest absolute Gasteiger partial charge is 0.251 e. The third-order valence-corrected chi connectivity index (χ3v) is 4.62. The third-order valence-electron chi connectivity index (χ3n) is 4.62. The number of aliphatic hydroxyl groups is 1. The normalized spacial score (nSPS) is 18.2. The fourth-order valence-corrected chi connectivity index (χ4v) is 3.20. The van der Waals surface area contributed by atoms with E-state index in [1.165, 1.54) is 0 Å². The van der Waals surface area contributed by atoms with Crippen molar-refractivity contribution < 1.29 is 14.6 Å². The number of aliphatic imine (C=N–C) groups is 1. The molecule has 0 spiro atoms. The van der Waals surface area contributed by atoms with E-state index in [0.29, 0.717) is 19.1 Å². The van der Waals surface area contributed by atoms with Crippen molar-refractivity contribution in [2.24, 2.45) is 4.99 Å². The van der Waals surface area contributed by atoms with Gasteiger partial charge in [-0.05, 0) is 31.0 Å². The van der Waals surface area contributed by atoms with Crippen molar-refractivity contribution in [1.82, 2.24) is 19.8 Å². The standard InChI is InChI=1S/C18H21N5O3/c24-11-16-17(25)21-18-20-15-4-3-14(9-13(15)10-23(16)18)26-8-2-1-6-22-7-5-19-12-22/h3-5,7,9,12,16,24H,1-2,6,8,10-11H2,(H,20,21,25). The first-order valence-electron chi connectivity index (χ1n) is 8.73. The first kappa shape index (κ1) is 16.6. The zero-order valence-corrected chi connectivity index (χ0v) is 14.3. The number of hydrogen-bond donors (Lipinski definition) is 2. The lowest BCUT2D eigenvalue weighted by Crippen LogP contribution is -2.39. The molecular formula is C18H21N5O3. The van der Waals surface area contributed by atoms with E-state index in [0.717, 1.165) is 36.4 Å². The Kier molecular flexibility index (Phi) is 4.57. The van der Waals surface area contributed by atoms with Gasteiger partial charge in [-0.15, -0.1) is 0 Å². The quantitative estimate of drug-likeness (QED) is 0.724. The van der Waals surface area contributed by atoms with Gasteiger partial charge in [0.15, 0.2) is 0 Å². The highest BCUT2D eigenvalue weighted by atomic mass is 16.5. The minimum atomic E-state index is -0.574. The van der Waals surface area contributed by atoms with E-state index < -0.39 is 6.04 Å². The van der Waals surface area contributed by atoms with Gasteiger partial charge in [0.05, 0.1) is 25.2 Å². The summed E-state index contributed by atoms with van der Waals surface area (Å²) in [7, 11) is 0. The monoisotopic (exact) mass is 355 g/mol. The van der Waals surface area contributed by atoms with Crippen LogP contribution in [0.25, 0.3) is 0 Å². The molecule has 1 atom stereocenters. The summed E-state index contributed by atoms with van der Waals surface area (Å²) < 4.78 is 7.91. The van der Waals surface area contributed by atoms with Gasteiger partial charge >= 0.3 is 0 Å². The molecule has 1 aromatic carbocycles. The molecule has 0 radical (unpaired) electrons. The number of carbonyl (C=O) groups is 1. The first-order valence-corrected chi connectivity index (χ1v) is 8.73. The van der Waals surface area contributed by atoms with E-state index in [1.807, 2.05) is 30.7 Å². The summed E-state index contributed by atoms with van der Waals surface area (Å²) in [6, 6.07) is 5.19. The maximum Gasteiger partial charge on any atom is 0.251 e. The van der Waals surface area contributed by atoms with Gasteiger partial charge in [-0.3, -0.25) is 10.1 Å². The predicted octanol–water partition coefficient (Wildman–Crippen LogP) is 1.04. The number of nitrogens with zero attached hydrogens (tertiary/aromatic N) is 4. The van der Waals surface area contributed by atoms with Crippen LogP contribution in [0, 0.1) is 0 Å². The van der Waals surface area contributed by atoms with Crippen LogP contribution in [0.1, 0.15) is 18.4 Å². The molecule has 2 aromatic rings. The first-order chi connectivity index (χ1) is 12.7. The molecule has 2 aliphatic heterocycles. The number of aliphatic hydroxyl groups excluding tert-OH is 1. The summed E-state index contributed by atoms with van der Waals surface area (Å²) in [6.07, 6.45) is 7.53. The zero-order chi connectivity index (χ0) is 17.9. The molecule has 136 valence electrons. The number of aromatic nitrogens is 2. The van der Waals surface area contributed by atoms with Gasteiger partial charge in [0.1, 0.15) is 11.8 Å². The van der Waals surface area contributed by atoms with E-state index in [4.69, 9.17) is 4.74 Å². The number of fused-ring (bicyclic) bond motifs is 2. The van der Waals surface area contributed by atoms with Crippen LogP contribution in [0.4, 0.5) is 5.69 Å². The SMILES string of the molecule is O=C1NC2=Nc3ccc(OCCCCn4ccnc4)cc3CN2C1CO. The lowest BCUT2D eigenvalue weighted by molar-refractivity contribution is -0.122. The minimum absolute atomic E-state index is 0.214. The van der Waals surface area contributed by atoms with Crippen molar-refractivity contribution in [3.63, 3.8) is 0 Å². The van der Waals surface area contributed by atoms with E-state index >= 15 is 0 Å². The summed E-state index contributed by atoms with van der Waals surface area (Å²) in [4.78, 5) is 22.1. The zero-order valence-electron chi connectivity index (χ0n) is 14.3. The number of guanidine groups is 1. The van der Waals surface area contributed by atoms with E-state index in [-0.39, 0.29) is 12.5 Å². The number of benzene rings is 1. The number of hydrogen-bond acceptors (Lipinski definition) is 6. The summed E-state index contributed by atoms with van der Waals surface area (Å²) in [5, 5.41) is 12.1. The van der Waals surface area contributed by atoms with Crippen LogP contribution in [0.5, 0.6) is 5.75 Å². The average Bonchev–Trinajstić information content (AvgIpc) is 3.26. The molecule has 3 heterocycles. The molecular weight excluding hydrogens is 334 g/mol. The average molecular weight is 355 g/mol. The molecule has 1 aromatic heterocycles. The topological polar surface area (TPSA) is 92.0 Å². The Labute approximate surface area is 151 Å². The number of imidazole rings is 1. The number of ether oxygens (including phenoxy) is 1. The molecule has 2 aliphatic rings. The second-order valence-corrected chi connectivity index (χ2v) is 6.40. The van der Waals surface area contributed by atoms with Crippen molar-refractivity contribution in [2.75, 3.05) is 13.2 Å². The Bertz CT molecular complexity index is 818. The Morgan fingerprint density at radius 1 is 1.35 bits per heavy atom. The van der Waals surface area contributed by atoms with Gasteiger partial charge in [0.25, 0.3) is 5.91 Å². The maximum atomic E-state index is 11.9. The van der Waals surface area contributed by atoms with Crippen LogP contribution in [0.15, 0.2) is 41.9 Å². The highest BCUT2D eigenvalue weighted by Crippen LogP contribution is 2.31. The summed E-state index contributed by atoms with van der Waals surface area (Å²) in [5.41, 5.74) is 1.81. The third kappa shape index (κ3) is 3.28. The molecule has 0 aliphatic carbocycles. The largest absolute Gasteiger partial charge is 0.494 e. The molecule has 8 nitrogen and oxygen atoms in total. The maximum absolute atomic E-state index is 11.9. The lowest BCUT2D eigenvalue weighted by atomic mass is 10.1. The second kappa shape index (κ2) is 7.17. The number of rotatable bonds is 7. The van der Waals surface area contributed by atoms with Crippen LogP contribution in [0.2, 0.25) is 0 Å². The Balaban J connectivity index is 1.34. The molecule has 1 unspecified atom stereocenters. The van der Waals surface area contributed by atoms with Crippen molar-refractivity contribution in [3.8, 4) is 5.75 Å².